The molecule has 0 fully saturated rings. The first-order chi connectivity index (χ1) is 7.50. The van der Waals surface area contributed by atoms with Crippen LogP contribution in [0.4, 0.5) is 0 Å². The highest BCUT2D eigenvalue weighted by Crippen LogP contribution is 2.15. The molecule has 0 saturated heterocycles. The molecule has 0 atom stereocenters. The molecule has 1 aromatic rings. The standard InChI is InChI=1S/C9H9ClN2O4/c1-5-2-7(10)6(3-11-5)9(15)12-16-4-8(13)14/h2-3H,4H2,1H3,(H,12,15)(H,13,14). The fraction of sp³-hybridized carbons (Fsp3) is 0.222. The maximum Gasteiger partial charge on any atom is 0.332 e. The Hall–Kier alpha value is -1.66. The summed E-state index contributed by atoms with van der Waals surface area (Å²) in [5, 5.41) is 8.50. The molecule has 0 spiro atoms. The van der Waals surface area contributed by atoms with Crippen LogP contribution in [-0.4, -0.2) is 28.6 Å². The molecule has 0 radical (unpaired) electrons. The SMILES string of the molecule is Cc1cc(Cl)c(C(=O)NOCC(=O)O)cn1. The van der Waals surface area contributed by atoms with Gasteiger partial charge in [0.15, 0.2) is 6.61 Å². The van der Waals surface area contributed by atoms with E-state index in [1.807, 2.05) is 5.48 Å². The third kappa shape index (κ3) is 3.48. The second-order valence-electron chi connectivity index (χ2n) is 2.92. The number of halogens is 1. The molecule has 1 rings (SSSR count). The van der Waals surface area contributed by atoms with Gasteiger partial charge < -0.3 is 5.11 Å². The number of aryl methyl sites for hydroxylation is 1. The van der Waals surface area contributed by atoms with Crippen LogP contribution in [0.25, 0.3) is 0 Å². The van der Waals surface area contributed by atoms with Crippen LogP contribution in [0.3, 0.4) is 0 Å². The second kappa shape index (κ2) is 5.43. The summed E-state index contributed by atoms with van der Waals surface area (Å²) in [5.41, 5.74) is 2.74. The second-order valence-corrected chi connectivity index (χ2v) is 3.33. The van der Waals surface area contributed by atoms with Gasteiger partial charge in [0.1, 0.15) is 0 Å². The van der Waals surface area contributed by atoms with Gasteiger partial charge in [-0.15, -0.1) is 0 Å². The molecule has 0 aliphatic rings. The number of carboxylic acid groups (broad SMARTS) is 1. The lowest BCUT2D eigenvalue weighted by molar-refractivity contribution is -0.144. The number of hydrogen-bond acceptors (Lipinski definition) is 4. The summed E-state index contributed by atoms with van der Waals surface area (Å²) in [6, 6.07) is 1.52. The van der Waals surface area contributed by atoms with Gasteiger partial charge in [-0.3, -0.25) is 14.6 Å². The van der Waals surface area contributed by atoms with Crippen molar-refractivity contribution in [1.29, 1.82) is 0 Å². The van der Waals surface area contributed by atoms with Gasteiger partial charge in [-0.1, -0.05) is 11.6 Å². The fourth-order valence-electron chi connectivity index (χ4n) is 0.912. The van der Waals surface area contributed by atoms with E-state index in [-0.39, 0.29) is 10.6 Å². The fourth-order valence-corrected chi connectivity index (χ4v) is 1.20. The van der Waals surface area contributed by atoms with Gasteiger partial charge in [0.25, 0.3) is 5.91 Å². The Labute approximate surface area is 96.1 Å². The quantitative estimate of drug-likeness (QED) is 0.765. The number of aromatic nitrogens is 1. The Morgan fingerprint density at radius 2 is 2.31 bits per heavy atom. The van der Waals surface area contributed by atoms with Crippen molar-refractivity contribution in [3.05, 3.63) is 28.5 Å². The predicted molar refractivity (Wildman–Crippen MR) is 55.0 cm³/mol. The number of hydroxylamine groups is 1. The smallest absolute Gasteiger partial charge is 0.332 e. The largest absolute Gasteiger partial charge is 0.479 e. The zero-order valence-corrected chi connectivity index (χ0v) is 9.11. The van der Waals surface area contributed by atoms with Crippen LogP contribution in [0.1, 0.15) is 16.1 Å². The Kier molecular flexibility index (Phi) is 4.21. The third-order valence-corrected chi connectivity index (χ3v) is 1.91. The summed E-state index contributed by atoms with van der Waals surface area (Å²) in [6.45, 7) is 1.11. The van der Waals surface area contributed by atoms with Crippen LogP contribution < -0.4 is 5.48 Å². The van der Waals surface area contributed by atoms with Gasteiger partial charge >= 0.3 is 5.97 Å². The van der Waals surface area contributed by atoms with Crippen molar-refractivity contribution in [3.63, 3.8) is 0 Å². The molecule has 0 aliphatic carbocycles. The number of pyridine rings is 1. The van der Waals surface area contributed by atoms with E-state index in [1.165, 1.54) is 12.3 Å². The summed E-state index contributed by atoms with van der Waals surface area (Å²) in [5.74, 6) is -1.83. The molecule has 0 saturated carbocycles. The minimum absolute atomic E-state index is 0.123. The van der Waals surface area contributed by atoms with Crippen molar-refractivity contribution >= 4 is 23.5 Å². The number of carbonyl (C=O) groups is 2. The van der Waals surface area contributed by atoms with Gasteiger partial charge in [0.05, 0.1) is 10.6 Å². The summed E-state index contributed by atoms with van der Waals surface area (Å²) in [4.78, 5) is 29.8. The van der Waals surface area contributed by atoms with Crippen molar-refractivity contribution < 1.29 is 19.5 Å². The van der Waals surface area contributed by atoms with Gasteiger partial charge in [-0.2, -0.15) is 0 Å². The molecule has 16 heavy (non-hydrogen) atoms. The van der Waals surface area contributed by atoms with Crippen LogP contribution in [0.5, 0.6) is 0 Å². The van der Waals surface area contributed by atoms with E-state index in [4.69, 9.17) is 16.7 Å². The van der Waals surface area contributed by atoms with Crippen LogP contribution in [-0.2, 0) is 9.63 Å². The molecule has 2 N–H and O–H groups in total. The molecule has 86 valence electrons. The molecule has 0 unspecified atom stereocenters. The van der Waals surface area contributed by atoms with E-state index in [9.17, 15) is 9.59 Å². The summed E-state index contributed by atoms with van der Waals surface area (Å²) in [6.07, 6.45) is 1.29. The summed E-state index contributed by atoms with van der Waals surface area (Å²) < 4.78 is 0. The van der Waals surface area contributed by atoms with E-state index in [1.54, 1.807) is 6.92 Å². The summed E-state index contributed by atoms with van der Waals surface area (Å²) >= 11 is 5.79. The molecule has 1 heterocycles. The van der Waals surface area contributed by atoms with Crippen LogP contribution in [0.2, 0.25) is 5.02 Å². The zero-order valence-electron chi connectivity index (χ0n) is 8.36. The highest BCUT2D eigenvalue weighted by atomic mass is 35.5. The number of amides is 1. The first-order valence-corrected chi connectivity index (χ1v) is 4.64. The highest BCUT2D eigenvalue weighted by Gasteiger charge is 2.11. The lowest BCUT2D eigenvalue weighted by Crippen LogP contribution is -2.27. The molecule has 0 bridgehead atoms. The van der Waals surface area contributed by atoms with Crippen molar-refractivity contribution in [2.24, 2.45) is 0 Å². The van der Waals surface area contributed by atoms with Crippen molar-refractivity contribution in [1.82, 2.24) is 10.5 Å². The normalized spacial score (nSPS) is 9.88. The Morgan fingerprint density at radius 3 is 2.88 bits per heavy atom. The number of nitrogens with one attached hydrogen (secondary N) is 1. The van der Waals surface area contributed by atoms with Crippen molar-refractivity contribution in [2.75, 3.05) is 6.61 Å². The minimum Gasteiger partial charge on any atom is -0.479 e. The number of rotatable bonds is 4. The van der Waals surface area contributed by atoms with Gasteiger partial charge in [-0.25, -0.2) is 10.3 Å². The van der Waals surface area contributed by atoms with Crippen LogP contribution in [0.15, 0.2) is 12.3 Å². The molecule has 0 aromatic carbocycles. The lowest BCUT2D eigenvalue weighted by Gasteiger charge is -2.05. The first kappa shape index (κ1) is 12.4. The average Bonchev–Trinajstić information content (AvgIpc) is 2.16. The number of hydrogen-bond donors (Lipinski definition) is 2. The van der Waals surface area contributed by atoms with E-state index in [0.29, 0.717) is 5.69 Å². The monoisotopic (exact) mass is 244 g/mol. The lowest BCUT2D eigenvalue weighted by atomic mass is 10.2. The van der Waals surface area contributed by atoms with E-state index >= 15 is 0 Å². The Morgan fingerprint density at radius 1 is 1.62 bits per heavy atom. The predicted octanol–water partition coefficient (Wildman–Crippen LogP) is 0.789. The van der Waals surface area contributed by atoms with Crippen LogP contribution in [0, 0.1) is 6.92 Å². The zero-order chi connectivity index (χ0) is 12.1. The van der Waals surface area contributed by atoms with Crippen molar-refractivity contribution in [3.8, 4) is 0 Å². The minimum atomic E-state index is -1.19. The van der Waals surface area contributed by atoms with E-state index < -0.39 is 18.5 Å². The number of carbonyl (C=O) groups excluding carboxylic acids is 1. The number of aliphatic carboxylic acids is 1. The third-order valence-electron chi connectivity index (χ3n) is 1.60. The number of nitrogens with zero attached hydrogens (tertiary/aromatic N) is 1. The van der Waals surface area contributed by atoms with Crippen LogP contribution >= 0.6 is 11.6 Å². The molecule has 0 aliphatic heterocycles. The average molecular weight is 245 g/mol. The van der Waals surface area contributed by atoms with Crippen molar-refractivity contribution in [2.45, 2.75) is 6.92 Å². The van der Waals surface area contributed by atoms with Gasteiger partial charge in [-0.05, 0) is 13.0 Å². The molecular weight excluding hydrogens is 236 g/mol. The molecule has 7 heteroatoms. The molecular formula is C9H9ClN2O4. The molecule has 6 nitrogen and oxygen atoms in total. The van der Waals surface area contributed by atoms with Gasteiger partial charge in [0.2, 0.25) is 0 Å². The maximum atomic E-state index is 11.4. The van der Waals surface area contributed by atoms with E-state index in [2.05, 4.69) is 9.82 Å². The first-order valence-electron chi connectivity index (χ1n) is 4.27. The Balaban J connectivity index is 2.63. The molecule has 1 amide bonds. The van der Waals surface area contributed by atoms with Gasteiger partial charge in [0, 0.05) is 11.9 Å². The van der Waals surface area contributed by atoms with E-state index in [0.717, 1.165) is 0 Å². The highest BCUT2D eigenvalue weighted by molar-refractivity contribution is 6.33. The topological polar surface area (TPSA) is 88.5 Å². The number of carboxylic acids is 1. The summed E-state index contributed by atoms with van der Waals surface area (Å²) in [7, 11) is 0. The molecule has 1 aromatic heterocycles. The Bertz CT molecular complexity index is 422. The maximum absolute atomic E-state index is 11.4.